The van der Waals surface area contributed by atoms with E-state index in [0.29, 0.717) is 0 Å². The summed E-state index contributed by atoms with van der Waals surface area (Å²) < 4.78 is 0. The van der Waals surface area contributed by atoms with Crippen LogP contribution in [0.25, 0.3) is 0 Å². The van der Waals surface area contributed by atoms with Crippen LogP contribution in [0.15, 0.2) is 27.5 Å². The summed E-state index contributed by atoms with van der Waals surface area (Å²) in [7, 11) is 0. The van der Waals surface area contributed by atoms with Crippen LogP contribution in [0.5, 0.6) is 0 Å². The SMILES string of the molecule is O=C1N=N[C@H]2C=NC=C[C@@H]12. The van der Waals surface area contributed by atoms with Gasteiger partial charge in [-0.05, 0) is 0 Å². The molecule has 2 atom stereocenters. The van der Waals surface area contributed by atoms with Gasteiger partial charge in [0.25, 0.3) is 5.91 Å². The molecule has 4 nitrogen and oxygen atoms in total. The highest BCUT2D eigenvalue weighted by molar-refractivity contribution is 5.89. The Kier molecular flexibility index (Phi) is 1.00. The summed E-state index contributed by atoms with van der Waals surface area (Å²) in [5.41, 5.74) is 0. The number of nitrogens with zero attached hydrogens (tertiary/aromatic N) is 3. The Labute approximate surface area is 57.4 Å². The Morgan fingerprint density at radius 3 is 3.20 bits per heavy atom. The van der Waals surface area contributed by atoms with Gasteiger partial charge in [0, 0.05) is 12.4 Å². The number of carbonyl (C=O) groups excluding carboxylic acids is 1. The molecule has 2 rings (SSSR count). The van der Waals surface area contributed by atoms with Crippen LogP contribution in [0.1, 0.15) is 0 Å². The van der Waals surface area contributed by atoms with Crippen LogP contribution in [0.3, 0.4) is 0 Å². The zero-order valence-corrected chi connectivity index (χ0v) is 5.14. The van der Waals surface area contributed by atoms with Gasteiger partial charge in [-0.2, -0.15) is 5.11 Å². The molecule has 4 heteroatoms. The molecule has 0 N–H and O–H groups in total. The lowest BCUT2D eigenvalue weighted by Gasteiger charge is -2.06. The van der Waals surface area contributed by atoms with E-state index in [4.69, 9.17) is 0 Å². The molecule has 50 valence electrons. The molecule has 0 unspecified atom stereocenters. The van der Waals surface area contributed by atoms with Crippen molar-refractivity contribution in [2.24, 2.45) is 21.1 Å². The van der Waals surface area contributed by atoms with E-state index in [0.717, 1.165) is 0 Å². The Hall–Kier alpha value is -1.32. The summed E-state index contributed by atoms with van der Waals surface area (Å²) in [5.74, 6) is -0.329. The minimum atomic E-state index is -0.169. The topological polar surface area (TPSA) is 54.1 Å². The highest BCUT2D eigenvalue weighted by Crippen LogP contribution is 2.20. The number of azo groups is 1. The predicted molar refractivity (Wildman–Crippen MR) is 34.8 cm³/mol. The molecule has 10 heavy (non-hydrogen) atoms. The molecule has 2 heterocycles. The number of amides is 1. The van der Waals surface area contributed by atoms with Gasteiger partial charge in [0.05, 0.1) is 5.92 Å². The molecule has 0 radical (unpaired) electrons. The summed E-state index contributed by atoms with van der Waals surface area (Å²) in [5, 5.41) is 7.14. The van der Waals surface area contributed by atoms with Crippen molar-refractivity contribution in [3.05, 3.63) is 12.3 Å². The minimum Gasteiger partial charge on any atom is -0.270 e. The number of fused-ring (bicyclic) bond motifs is 1. The van der Waals surface area contributed by atoms with Crippen LogP contribution in [-0.2, 0) is 4.79 Å². The van der Waals surface area contributed by atoms with Crippen molar-refractivity contribution < 1.29 is 4.79 Å². The van der Waals surface area contributed by atoms with Crippen molar-refractivity contribution in [3.8, 4) is 0 Å². The molecule has 2 aliphatic rings. The zero-order valence-electron chi connectivity index (χ0n) is 5.14. The van der Waals surface area contributed by atoms with Crippen molar-refractivity contribution in [1.29, 1.82) is 0 Å². The summed E-state index contributed by atoms with van der Waals surface area (Å²) in [4.78, 5) is 14.7. The average Bonchev–Trinajstić information content (AvgIpc) is 2.34. The maximum atomic E-state index is 10.8. The Morgan fingerprint density at radius 2 is 2.40 bits per heavy atom. The zero-order chi connectivity index (χ0) is 6.97. The third-order valence-electron chi connectivity index (χ3n) is 1.56. The van der Waals surface area contributed by atoms with Crippen molar-refractivity contribution in [2.75, 3.05) is 0 Å². The standard InChI is InChI=1S/C6H5N3O/c10-6-4-1-2-7-3-5(4)8-9-6/h1-5H/t4-,5+/m1/s1. The van der Waals surface area contributed by atoms with E-state index >= 15 is 0 Å². The fourth-order valence-electron chi connectivity index (χ4n) is 1.01. The Balaban J connectivity index is 2.34. The Morgan fingerprint density at radius 1 is 1.50 bits per heavy atom. The quantitative estimate of drug-likeness (QED) is 0.478. The lowest BCUT2D eigenvalue weighted by molar-refractivity contribution is -0.119. The summed E-state index contributed by atoms with van der Waals surface area (Å²) >= 11 is 0. The number of carbonyl (C=O) groups is 1. The first kappa shape index (κ1) is 5.46. The maximum Gasteiger partial charge on any atom is 0.273 e. The summed E-state index contributed by atoms with van der Waals surface area (Å²) in [6, 6.07) is -0.127. The molecule has 0 saturated heterocycles. The highest BCUT2D eigenvalue weighted by atomic mass is 16.2. The number of hydrogen-bond acceptors (Lipinski definition) is 3. The minimum absolute atomic E-state index is 0.127. The fraction of sp³-hybridized carbons (Fsp3) is 0.333. The normalized spacial score (nSPS) is 35.0. The van der Waals surface area contributed by atoms with Crippen LogP contribution in [0.2, 0.25) is 0 Å². The lowest BCUT2D eigenvalue weighted by Crippen LogP contribution is -2.20. The molecule has 1 amide bonds. The third kappa shape index (κ3) is 0.618. The molecule has 0 aromatic carbocycles. The first-order valence-electron chi connectivity index (χ1n) is 3.02. The van der Waals surface area contributed by atoms with Crippen molar-refractivity contribution in [1.82, 2.24) is 0 Å². The van der Waals surface area contributed by atoms with Gasteiger partial charge in [-0.1, -0.05) is 6.08 Å². The molecule has 0 aromatic heterocycles. The smallest absolute Gasteiger partial charge is 0.270 e. The van der Waals surface area contributed by atoms with Crippen molar-refractivity contribution >= 4 is 12.1 Å². The first-order chi connectivity index (χ1) is 4.88. The van der Waals surface area contributed by atoms with Gasteiger partial charge in [-0.15, -0.1) is 5.11 Å². The van der Waals surface area contributed by atoms with Gasteiger partial charge >= 0.3 is 0 Å². The van der Waals surface area contributed by atoms with Crippen molar-refractivity contribution in [3.63, 3.8) is 0 Å². The number of rotatable bonds is 0. The summed E-state index contributed by atoms with van der Waals surface area (Å²) in [6.07, 6.45) is 4.97. The second-order valence-corrected chi connectivity index (χ2v) is 2.21. The molecular formula is C6H5N3O. The van der Waals surface area contributed by atoms with Crippen LogP contribution in [0, 0.1) is 5.92 Å². The van der Waals surface area contributed by atoms with Crippen LogP contribution in [-0.4, -0.2) is 18.2 Å². The van der Waals surface area contributed by atoms with Crippen LogP contribution < -0.4 is 0 Å². The van der Waals surface area contributed by atoms with Crippen molar-refractivity contribution in [2.45, 2.75) is 6.04 Å². The van der Waals surface area contributed by atoms with Gasteiger partial charge in [-0.3, -0.25) is 9.79 Å². The van der Waals surface area contributed by atoms with E-state index in [9.17, 15) is 4.79 Å². The van der Waals surface area contributed by atoms with E-state index in [2.05, 4.69) is 15.2 Å². The molecule has 0 aromatic rings. The molecular weight excluding hydrogens is 130 g/mol. The summed E-state index contributed by atoms with van der Waals surface area (Å²) in [6.45, 7) is 0. The van der Waals surface area contributed by atoms with Gasteiger partial charge in [0.1, 0.15) is 6.04 Å². The van der Waals surface area contributed by atoms with E-state index in [-0.39, 0.29) is 17.9 Å². The molecule has 0 saturated carbocycles. The molecule has 0 fully saturated rings. The van der Waals surface area contributed by atoms with E-state index < -0.39 is 0 Å². The second kappa shape index (κ2) is 1.83. The maximum absolute atomic E-state index is 10.8. The Bertz CT molecular complexity index is 252. The largest absolute Gasteiger partial charge is 0.273 e. The van der Waals surface area contributed by atoms with E-state index in [1.54, 1.807) is 18.5 Å². The first-order valence-corrected chi connectivity index (χ1v) is 3.02. The van der Waals surface area contributed by atoms with E-state index in [1.165, 1.54) is 0 Å². The van der Waals surface area contributed by atoms with E-state index in [1.807, 2.05) is 0 Å². The number of hydrogen-bond donors (Lipinski definition) is 0. The third-order valence-corrected chi connectivity index (χ3v) is 1.56. The molecule has 0 spiro atoms. The monoisotopic (exact) mass is 135 g/mol. The molecule has 0 aliphatic carbocycles. The van der Waals surface area contributed by atoms with Crippen LogP contribution >= 0.6 is 0 Å². The van der Waals surface area contributed by atoms with Crippen LogP contribution in [0.4, 0.5) is 0 Å². The van der Waals surface area contributed by atoms with Gasteiger partial charge in [0.15, 0.2) is 0 Å². The molecule has 0 bridgehead atoms. The van der Waals surface area contributed by atoms with Gasteiger partial charge in [-0.25, -0.2) is 0 Å². The average molecular weight is 135 g/mol. The van der Waals surface area contributed by atoms with Gasteiger partial charge in [0.2, 0.25) is 0 Å². The highest BCUT2D eigenvalue weighted by Gasteiger charge is 2.31. The lowest BCUT2D eigenvalue weighted by atomic mass is 10.0. The molecule has 2 aliphatic heterocycles. The predicted octanol–water partition coefficient (Wildman–Crippen LogP) is 0.562. The second-order valence-electron chi connectivity index (χ2n) is 2.21. The van der Waals surface area contributed by atoms with Gasteiger partial charge < -0.3 is 0 Å². The number of aliphatic imine (C=N–C) groups is 1. The fourth-order valence-corrected chi connectivity index (χ4v) is 1.01.